The molecule has 0 aliphatic rings. The molecule has 0 saturated carbocycles. The van der Waals surface area contributed by atoms with Gasteiger partial charge in [0.2, 0.25) is 65.0 Å². The quantitative estimate of drug-likeness (QED) is 0.0198. The molecule has 0 heterocycles. The lowest BCUT2D eigenvalue weighted by atomic mass is 10.0. The molecule has 0 fully saturated rings. The molecule has 11 amide bonds. The maximum Gasteiger partial charge on any atom is 0.243 e. The molecule has 22 N–H and O–H groups in total. The molecule has 0 rings (SSSR count). The highest BCUT2D eigenvalue weighted by molar-refractivity contribution is 5.98. The molecule has 0 spiro atoms. The largest absolute Gasteiger partial charge is 0.370 e. The number of rotatable bonds is 28. The summed E-state index contributed by atoms with van der Waals surface area (Å²) in [5, 5.41) is 14.0. The first-order chi connectivity index (χ1) is 26.8. The number of nitrogens with one attached hydrogen (secondary N) is 6. The van der Waals surface area contributed by atoms with E-state index in [4.69, 9.17) is 45.9 Å². The zero-order valence-corrected chi connectivity index (χ0v) is 32.5. The molecule has 58 heavy (non-hydrogen) atoms. The van der Waals surface area contributed by atoms with Crippen molar-refractivity contribution in [1.29, 1.82) is 0 Å². The zero-order chi connectivity index (χ0) is 44.9. The second-order valence-electron chi connectivity index (χ2n) is 13.5. The minimum atomic E-state index is -1.71. The average Bonchev–Trinajstić information content (AvgIpc) is 3.09. The van der Waals surface area contributed by atoms with Gasteiger partial charge in [-0.3, -0.25) is 57.7 Å². The predicted molar refractivity (Wildman–Crippen MR) is 204 cm³/mol. The highest BCUT2D eigenvalue weighted by Gasteiger charge is 2.34. The number of hydrogen-bond acceptors (Lipinski definition) is 13. The van der Waals surface area contributed by atoms with E-state index in [1.54, 1.807) is 0 Å². The standard InChI is InChI=1S/C32H57N15O11/c1-13(2)24(47-29(56)18(7-9-21(35)49)44-27(54)15(33)11-22(36)50)31(58)42-14(3)26(53)46-19(12-23(37)51)30(57)45-17(5-4-10-41-32(39)40)28(55)43-16(25(38)52)6-8-20(34)48/h13-19,24H,4-12,33H2,1-3H3,(H2,34,48)(H2,35,49)(H2,36,50)(H2,37,51)(H2,38,52)(H,42,58)(H,43,55)(H,44,54)(H,45,57)(H,46,53)(H,47,56)(H4,39,40,41)/t14-,15-,16-,17-,18-,19-,24-/m0/s1. The van der Waals surface area contributed by atoms with Gasteiger partial charge in [0.25, 0.3) is 0 Å². The Kier molecular flexibility index (Phi) is 22.6. The smallest absolute Gasteiger partial charge is 0.243 e. The van der Waals surface area contributed by atoms with E-state index in [1.165, 1.54) is 20.8 Å². The molecule has 0 bridgehead atoms. The third-order valence-electron chi connectivity index (χ3n) is 8.03. The minimum Gasteiger partial charge on any atom is -0.370 e. The highest BCUT2D eigenvalue weighted by atomic mass is 16.2. The number of primary amides is 5. The third kappa shape index (κ3) is 20.9. The first kappa shape index (κ1) is 51.4. The first-order valence-corrected chi connectivity index (χ1v) is 17.9. The third-order valence-corrected chi connectivity index (χ3v) is 8.03. The molecule has 26 heteroatoms. The molecular formula is C32H57N15O11. The van der Waals surface area contributed by atoms with Gasteiger partial charge >= 0.3 is 0 Å². The Labute approximate surface area is 333 Å². The van der Waals surface area contributed by atoms with Gasteiger partial charge in [0, 0.05) is 19.4 Å². The Morgan fingerprint density at radius 1 is 0.483 bits per heavy atom. The first-order valence-electron chi connectivity index (χ1n) is 17.9. The lowest BCUT2D eigenvalue weighted by Gasteiger charge is -2.27. The highest BCUT2D eigenvalue weighted by Crippen LogP contribution is 2.08. The second kappa shape index (κ2) is 25.5. The van der Waals surface area contributed by atoms with Crippen LogP contribution in [0.1, 0.15) is 72.1 Å². The number of guanidine groups is 1. The van der Waals surface area contributed by atoms with Gasteiger partial charge < -0.3 is 77.8 Å². The summed E-state index contributed by atoms with van der Waals surface area (Å²) < 4.78 is 0. The summed E-state index contributed by atoms with van der Waals surface area (Å²) in [6, 6.07) is -10.2. The van der Waals surface area contributed by atoms with Crippen molar-refractivity contribution in [2.45, 2.75) is 114 Å². The summed E-state index contributed by atoms with van der Waals surface area (Å²) in [5.74, 6) is -11.3. The van der Waals surface area contributed by atoms with Crippen molar-refractivity contribution in [3.8, 4) is 0 Å². The maximum atomic E-state index is 13.4. The van der Waals surface area contributed by atoms with E-state index >= 15 is 0 Å². The molecular weight excluding hydrogens is 770 g/mol. The van der Waals surface area contributed by atoms with Gasteiger partial charge in [-0.25, -0.2) is 0 Å². The van der Waals surface area contributed by atoms with Crippen molar-refractivity contribution in [3.05, 3.63) is 0 Å². The van der Waals surface area contributed by atoms with Crippen LogP contribution < -0.4 is 77.8 Å². The Morgan fingerprint density at radius 3 is 1.41 bits per heavy atom. The van der Waals surface area contributed by atoms with Crippen LogP contribution in [0.3, 0.4) is 0 Å². The van der Waals surface area contributed by atoms with Gasteiger partial charge in [0.1, 0.15) is 36.3 Å². The van der Waals surface area contributed by atoms with E-state index in [0.717, 1.165) is 0 Å². The number of carbonyl (C=O) groups excluding carboxylic acids is 11. The Balaban J connectivity index is 6.08. The van der Waals surface area contributed by atoms with E-state index in [0.29, 0.717) is 0 Å². The molecule has 326 valence electrons. The Morgan fingerprint density at radius 2 is 0.931 bits per heavy atom. The van der Waals surface area contributed by atoms with Crippen LogP contribution in [0.5, 0.6) is 0 Å². The second-order valence-corrected chi connectivity index (χ2v) is 13.5. The summed E-state index contributed by atoms with van der Waals surface area (Å²) in [4.78, 5) is 141. The summed E-state index contributed by atoms with van der Waals surface area (Å²) in [6.07, 6.45) is -2.63. The van der Waals surface area contributed by atoms with E-state index in [2.05, 4.69) is 36.9 Å². The van der Waals surface area contributed by atoms with Gasteiger partial charge in [-0.1, -0.05) is 13.8 Å². The Hall–Kier alpha value is -6.60. The normalized spacial score (nSPS) is 14.4. The number of hydrogen-bond donors (Lipinski definition) is 14. The Bertz CT molecular complexity index is 1570. The number of aliphatic imine (C=N–C) groups is 1. The van der Waals surface area contributed by atoms with Gasteiger partial charge in [0.05, 0.1) is 18.9 Å². The van der Waals surface area contributed by atoms with Gasteiger partial charge in [-0.2, -0.15) is 0 Å². The lowest BCUT2D eigenvalue weighted by Crippen LogP contribution is -2.60. The van der Waals surface area contributed by atoms with Crippen LogP contribution in [0.4, 0.5) is 0 Å². The van der Waals surface area contributed by atoms with E-state index in [9.17, 15) is 52.7 Å². The molecule has 0 saturated heterocycles. The van der Waals surface area contributed by atoms with E-state index in [-0.39, 0.29) is 51.0 Å². The van der Waals surface area contributed by atoms with Gasteiger partial charge in [-0.05, 0) is 38.5 Å². The molecule has 0 aliphatic heterocycles. The van der Waals surface area contributed by atoms with Crippen LogP contribution in [-0.4, -0.2) is 120 Å². The van der Waals surface area contributed by atoms with Crippen molar-refractivity contribution < 1.29 is 52.7 Å². The molecule has 7 atom stereocenters. The van der Waals surface area contributed by atoms with Crippen LogP contribution in [0.2, 0.25) is 0 Å². The minimum absolute atomic E-state index is 0.00713. The molecule has 0 aromatic carbocycles. The fourth-order valence-electron chi connectivity index (χ4n) is 4.90. The summed E-state index contributed by atoms with van der Waals surface area (Å²) in [7, 11) is 0. The SMILES string of the molecule is CC(C)[C@H](NC(=O)[C@H](CCC(N)=O)NC(=O)[C@@H](N)CC(N)=O)C(=O)N[C@@H](C)C(=O)N[C@@H](CC(N)=O)C(=O)N[C@@H](CCCN=C(N)N)C(=O)N[C@@H](CCC(N)=O)C(N)=O. The number of nitrogens with zero attached hydrogens (tertiary/aromatic N) is 1. The van der Waals surface area contributed by atoms with Crippen molar-refractivity contribution in [2.75, 3.05) is 6.54 Å². The van der Waals surface area contributed by atoms with Crippen LogP contribution in [0.25, 0.3) is 0 Å². The molecule has 0 radical (unpaired) electrons. The lowest BCUT2D eigenvalue weighted by molar-refractivity contribution is -0.136. The molecule has 26 nitrogen and oxygen atoms in total. The van der Waals surface area contributed by atoms with Gasteiger partial charge in [-0.15, -0.1) is 0 Å². The van der Waals surface area contributed by atoms with Crippen LogP contribution in [0.15, 0.2) is 4.99 Å². The maximum absolute atomic E-state index is 13.4. The van der Waals surface area contributed by atoms with Crippen molar-refractivity contribution in [1.82, 2.24) is 31.9 Å². The number of carbonyl (C=O) groups is 11. The van der Waals surface area contributed by atoms with Crippen LogP contribution >= 0.6 is 0 Å². The van der Waals surface area contributed by atoms with Crippen molar-refractivity contribution in [2.24, 2.45) is 56.8 Å². The van der Waals surface area contributed by atoms with Crippen molar-refractivity contribution >= 4 is 70.9 Å². The van der Waals surface area contributed by atoms with Crippen molar-refractivity contribution in [3.63, 3.8) is 0 Å². The van der Waals surface area contributed by atoms with E-state index in [1.807, 2.05) is 0 Å². The molecule has 0 aromatic rings. The molecule has 0 unspecified atom stereocenters. The van der Waals surface area contributed by atoms with Crippen LogP contribution in [0, 0.1) is 5.92 Å². The van der Waals surface area contributed by atoms with E-state index < -0.39 is 126 Å². The van der Waals surface area contributed by atoms with Crippen LogP contribution in [-0.2, 0) is 52.7 Å². The monoisotopic (exact) mass is 827 g/mol. The zero-order valence-electron chi connectivity index (χ0n) is 32.5. The average molecular weight is 828 g/mol. The molecule has 0 aromatic heterocycles. The summed E-state index contributed by atoms with van der Waals surface area (Å²) in [5.41, 5.74) is 42.4. The topological polar surface area (TPSA) is 480 Å². The fraction of sp³-hybridized carbons (Fsp3) is 0.625. The van der Waals surface area contributed by atoms with Gasteiger partial charge in [0.15, 0.2) is 5.96 Å². The predicted octanol–water partition coefficient (Wildman–Crippen LogP) is -8.28. The molecule has 0 aliphatic carbocycles. The number of amides is 11. The fourth-order valence-corrected chi connectivity index (χ4v) is 4.90. The summed E-state index contributed by atoms with van der Waals surface area (Å²) in [6.45, 7) is 4.29. The summed E-state index contributed by atoms with van der Waals surface area (Å²) >= 11 is 0. The number of nitrogens with two attached hydrogens (primary N) is 8.